The lowest BCUT2D eigenvalue weighted by atomic mass is 10.1. The summed E-state index contributed by atoms with van der Waals surface area (Å²) in [5.74, 6) is 0.822. The van der Waals surface area contributed by atoms with Crippen LogP contribution in [-0.2, 0) is 0 Å². The summed E-state index contributed by atoms with van der Waals surface area (Å²) in [6.07, 6.45) is 3.21. The number of methoxy groups -OCH3 is 3. The molecule has 0 fully saturated rings. The van der Waals surface area contributed by atoms with Gasteiger partial charge in [-0.25, -0.2) is 4.79 Å². The van der Waals surface area contributed by atoms with Crippen molar-refractivity contribution < 1.29 is 28.5 Å². The fourth-order valence-electron chi connectivity index (χ4n) is 2.88. The summed E-state index contributed by atoms with van der Waals surface area (Å²) in [6.45, 7) is 0. The predicted molar refractivity (Wildman–Crippen MR) is 117 cm³/mol. The molecule has 3 aromatic carbocycles. The highest BCUT2D eigenvalue weighted by molar-refractivity contribution is 6.06. The lowest BCUT2D eigenvalue weighted by Gasteiger charge is -2.13. The van der Waals surface area contributed by atoms with Gasteiger partial charge in [0.15, 0.2) is 17.3 Å². The minimum atomic E-state index is -0.568. The zero-order valence-electron chi connectivity index (χ0n) is 17.5. The van der Waals surface area contributed by atoms with Crippen LogP contribution in [0.2, 0.25) is 0 Å². The summed E-state index contributed by atoms with van der Waals surface area (Å²) in [4.78, 5) is 24.7. The van der Waals surface area contributed by atoms with E-state index >= 15 is 0 Å². The minimum Gasteiger partial charge on any atom is -0.493 e. The molecule has 6 heteroatoms. The molecule has 3 rings (SSSR count). The zero-order chi connectivity index (χ0) is 22.2. The molecule has 0 unspecified atom stereocenters. The van der Waals surface area contributed by atoms with Crippen LogP contribution < -0.4 is 18.9 Å². The van der Waals surface area contributed by atoms with Crippen LogP contribution in [0.15, 0.2) is 72.8 Å². The largest absolute Gasteiger partial charge is 0.493 e. The van der Waals surface area contributed by atoms with Crippen LogP contribution >= 0.6 is 0 Å². The van der Waals surface area contributed by atoms with E-state index in [0.29, 0.717) is 28.6 Å². The number of ether oxygens (including phenoxy) is 4. The molecular weight excluding hydrogens is 396 g/mol. The van der Waals surface area contributed by atoms with E-state index in [1.165, 1.54) is 39.5 Å². The molecule has 0 aliphatic heterocycles. The summed E-state index contributed by atoms with van der Waals surface area (Å²) in [6, 6.07) is 18.9. The van der Waals surface area contributed by atoms with Crippen molar-refractivity contribution in [2.75, 3.05) is 21.3 Å². The highest BCUT2D eigenvalue weighted by Gasteiger charge is 2.18. The van der Waals surface area contributed by atoms with Gasteiger partial charge in [0.25, 0.3) is 0 Å². The lowest BCUT2D eigenvalue weighted by Crippen LogP contribution is -2.09. The van der Waals surface area contributed by atoms with Gasteiger partial charge in [-0.05, 0) is 35.9 Å². The molecule has 0 heterocycles. The molecule has 0 atom stereocenters. The predicted octanol–water partition coefficient (Wildman–Crippen LogP) is 4.83. The number of benzene rings is 3. The average Bonchev–Trinajstić information content (AvgIpc) is 2.82. The first-order valence-electron chi connectivity index (χ1n) is 9.45. The molecule has 0 saturated carbocycles. The van der Waals surface area contributed by atoms with Gasteiger partial charge in [-0.2, -0.15) is 0 Å². The first-order valence-corrected chi connectivity index (χ1v) is 9.45. The molecule has 0 bridgehead atoms. The maximum absolute atomic E-state index is 12.6. The topological polar surface area (TPSA) is 71.1 Å². The van der Waals surface area contributed by atoms with Crippen molar-refractivity contribution in [2.45, 2.75) is 0 Å². The Kier molecular flexibility index (Phi) is 7.06. The Labute approximate surface area is 180 Å². The van der Waals surface area contributed by atoms with Crippen molar-refractivity contribution >= 4 is 17.8 Å². The molecule has 0 spiro atoms. The first-order chi connectivity index (χ1) is 15.0. The van der Waals surface area contributed by atoms with Gasteiger partial charge in [0.2, 0.25) is 5.75 Å². The molecule has 0 aromatic heterocycles. The number of rotatable bonds is 8. The van der Waals surface area contributed by atoms with E-state index in [1.807, 2.05) is 18.2 Å². The zero-order valence-corrected chi connectivity index (χ0v) is 17.5. The molecule has 31 heavy (non-hydrogen) atoms. The third kappa shape index (κ3) is 5.30. The van der Waals surface area contributed by atoms with Crippen LogP contribution in [0.4, 0.5) is 0 Å². The molecule has 6 nitrogen and oxygen atoms in total. The van der Waals surface area contributed by atoms with Gasteiger partial charge in [0.1, 0.15) is 5.75 Å². The van der Waals surface area contributed by atoms with Crippen LogP contribution in [-0.4, -0.2) is 33.1 Å². The molecule has 0 aliphatic carbocycles. The van der Waals surface area contributed by atoms with Crippen molar-refractivity contribution in [2.24, 2.45) is 0 Å². The number of carbonyl (C=O) groups is 2. The van der Waals surface area contributed by atoms with E-state index < -0.39 is 5.97 Å². The molecule has 0 N–H and O–H groups in total. The van der Waals surface area contributed by atoms with E-state index in [4.69, 9.17) is 18.9 Å². The Morgan fingerprint density at radius 1 is 0.742 bits per heavy atom. The average molecular weight is 418 g/mol. The van der Waals surface area contributed by atoms with E-state index in [-0.39, 0.29) is 11.3 Å². The Morgan fingerprint density at radius 3 is 1.90 bits per heavy atom. The number of esters is 1. The fourth-order valence-corrected chi connectivity index (χ4v) is 2.88. The number of ketones is 1. The summed E-state index contributed by atoms with van der Waals surface area (Å²) in [5.41, 5.74) is 1.68. The van der Waals surface area contributed by atoms with Crippen LogP contribution in [0.5, 0.6) is 23.0 Å². The Hall–Kier alpha value is -4.06. The van der Waals surface area contributed by atoms with Crippen LogP contribution in [0.3, 0.4) is 0 Å². The van der Waals surface area contributed by atoms with Gasteiger partial charge in [-0.3, -0.25) is 4.79 Å². The normalized spacial score (nSPS) is 10.5. The second-order valence-electron chi connectivity index (χ2n) is 6.44. The standard InChI is InChI=1S/C25H22O6/c1-28-22-15-19(16-23(29-2)24(22)30-3)25(27)31-20-12-9-17(10-13-20)11-14-21(26)18-7-5-4-6-8-18/h4-16H,1-3H3/b14-11+. The van der Waals surface area contributed by atoms with Crippen molar-refractivity contribution in [3.63, 3.8) is 0 Å². The molecule has 0 radical (unpaired) electrons. The Balaban J connectivity index is 1.70. The molecule has 3 aromatic rings. The van der Waals surface area contributed by atoms with E-state index in [1.54, 1.807) is 42.5 Å². The molecule has 0 saturated heterocycles. The van der Waals surface area contributed by atoms with E-state index in [2.05, 4.69) is 0 Å². The highest BCUT2D eigenvalue weighted by atomic mass is 16.5. The summed E-state index contributed by atoms with van der Waals surface area (Å²) in [7, 11) is 4.43. The maximum atomic E-state index is 12.6. The third-order valence-corrected chi connectivity index (χ3v) is 4.48. The maximum Gasteiger partial charge on any atom is 0.343 e. The van der Waals surface area contributed by atoms with Gasteiger partial charge >= 0.3 is 5.97 Å². The second kappa shape index (κ2) is 10.1. The van der Waals surface area contributed by atoms with Crippen molar-refractivity contribution in [3.8, 4) is 23.0 Å². The SMILES string of the molecule is COc1cc(C(=O)Oc2ccc(/C=C/C(=O)c3ccccc3)cc2)cc(OC)c1OC. The Morgan fingerprint density at radius 2 is 1.35 bits per heavy atom. The van der Waals surface area contributed by atoms with E-state index in [0.717, 1.165) is 5.56 Å². The van der Waals surface area contributed by atoms with Crippen molar-refractivity contribution in [1.82, 2.24) is 0 Å². The third-order valence-electron chi connectivity index (χ3n) is 4.48. The summed E-state index contributed by atoms with van der Waals surface area (Å²) >= 11 is 0. The molecule has 0 aliphatic rings. The monoisotopic (exact) mass is 418 g/mol. The molecular formula is C25H22O6. The van der Waals surface area contributed by atoms with Crippen LogP contribution in [0, 0.1) is 0 Å². The summed E-state index contributed by atoms with van der Waals surface area (Å²) < 4.78 is 21.2. The highest BCUT2D eigenvalue weighted by Crippen LogP contribution is 2.38. The van der Waals surface area contributed by atoms with Crippen molar-refractivity contribution in [1.29, 1.82) is 0 Å². The van der Waals surface area contributed by atoms with Crippen LogP contribution in [0.25, 0.3) is 6.08 Å². The first kappa shape index (κ1) is 21.6. The van der Waals surface area contributed by atoms with Gasteiger partial charge < -0.3 is 18.9 Å². The minimum absolute atomic E-state index is 0.0847. The molecule has 158 valence electrons. The quantitative estimate of drug-likeness (QED) is 0.226. The number of allylic oxidation sites excluding steroid dienone is 1. The van der Waals surface area contributed by atoms with Gasteiger partial charge in [0, 0.05) is 5.56 Å². The number of hydrogen-bond acceptors (Lipinski definition) is 6. The smallest absolute Gasteiger partial charge is 0.343 e. The van der Waals surface area contributed by atoms with E-state index in [9.17, 15) is 9.59 Å². The van der Waals surface area contributed by atoms with Crippen LogP contribution in [0.1, 0.15) is 26.3 Å². The van der Waals surface area contributed by atoms with Gasteiger partial charge in [0.05, 0.1) is 26.9 Å². The van der Waals surface area contributed by atoms with Gasteiger partial charge in [-0.1, -0.05) is 48.5 Å². The lowest BCUT2D eigenvalue weighted by molar-refractivity contribution is 0.0733. The Bertz CT molecular complexity index is 1060. The number of carbonyl (C=O) groups excluding carboxylic acids is 2. The fraction of sp³-hybridized carbons (Fsp3) is 0.120. The number of hydrogen-bond donors (Lipinski definition) is 0. The van der Waals surface area contributed by atoms with Gasteiger partial charge in [-0.15, -0.1) is 0 Å². The second-order valence-corrected chi connectivity index (χ2v) is 6.44. The molecule has 0 amide bonds. The summed E-state index contributed by atoms with van der Waals surface area (Å²) in [5, 5.41) is 0. The van der Waals surface area contributed by atoms with Crippen molar-refractivity contribution in [3.05, 3.63) is 89.5 Å².